The van der Waals surface area contributed by atoms with Gasteiger partial charge in [-0.25, -0.2) is 4.68 Å². The Labute approximate surface area is 232 Å². The van der Waals surface area contributed by atoms with Gasteiger partial charge in [-0.2, -0.15) is 4.98 Å². The number of fused-ring (bicyclic) bond motifs is 1. The molecule has 1 aliphatic rings. The number of carbonyl (C=O) groups excluding carboxylic acids is 1. The Hall–Kier alpha value is -4.24. The summed E-state index contributed by atoms with van der Waals surface area (Å²) in [4.78, 5) is 18.5. The number of aryl methyl sites for hydroxylation is 3. The summed E-state index contributed by atoms with van der Waals surface area (Å²) in [6.07, 6.45) is 0. The van der Waals surface area contributed by atoms with E-state index in [2.05, 4.69) is 42.7 Å². The Morgan fingerprint density at radius 3 is 2.64 bits per heavy atom. The Morgan fingerprint density at radius 2 is 1.87 bits per heavy atom. The highest BCUT2D eigenvalue weighted by Gasteiger charge is 2.35. The average Bonchev–Trinajstić information content (AvgIpc) is 3.32. The molecular formula is C30H31N5O3S. The highest BCUT2D eigenvalue weighted by molar-refractivity contribution is 7.98. The van der Waals surface area contributed by atoms with Crippen molar-refractivity contribution >= 4 is 29.3 Å². The van der Waals surface area contributed by atoms with E-state index in [-0.39, 0.29) is 11.7 Å². The van der Waals surface area contributed by atoms with Crippen LogP contribution >= 0.6 is 11.8 Å². The van der Waals surface area contributed by atoms with Crippen LogP contribution in [0.4, 0.5) is 11.6 Å². The molecule has 5 rings (SSSR count). The number of thioether (sulfide) groups is 1. The summed E-state index contributed by atoms with van der Waals surface area (Å²) >= 11 is 1.55. The molecule has 0 aliphatic carbocycles. The Morgan fingerprint density at radius 1 is 1.08 bits per heavy atom. The monoisotopic (exact) mass is 541 g/mol. The first kappa shape index (κ1) is 26.4. The number of aromatic nitrogens is 3. The molecule has 0 fully saturated rings. The number of ether oxygens (including phenoxy) is 1. The van der Waals surface area contributed by atoms with E-state index >= 15 is 0 Å². The van der Waals surface area contributed by atoms with Gasteiger partial charge in [0, 0.05) is 17.1 Å². The molecule has 0 bridgehead atoms. The highest BCUT2D eigenvalue weighted by Crippen LogP contribution is 2.40. The third-order valence-corrected chi connectivity index (χ3v) is 7.74. The molecule has 8 nitrogen and oxygen atoms in total. The second-order valence-corrected chi connectivity index (χ2v) is 10.6. The molecule has 3 N–H and O–H groups in total. The smallest absolute Gasteiger partial charge is 0.255 e. The topological polar surface area (TPSA) is 101 Å². The molecule has 0 radical (unpaired) electrons. The zero-order valence-corrected chi connectivity index (χ0v) is 23.4. The van der Waals surface area contributed by atoms with Crippen molar-refractivity contribution in [2.45, 2.75) is 44.6 Å². The minimum atomic E-state index is -0.595. The van der Waals surface area contributed by atoms with Crippen LogP contribution in [0, 0.1) is 20.8 Å². The lowest BCUT2D eigenvalue weighted by atomic mass is 9.94. The molecule has 1 aromatic heterocycles. The van der Waals surface area contributed by atoms with Gasteiger partial charge in [0.2, 0.25) is 11.1 Å². The quantitative estimate of drug-likeness (QED) is 0.242. The van der Waals surface area contributed by atoms with Crippen LogP contribution in [0.15, 0.2) is 77.1 Å². The van der Waals surface area contributed by atoms with Gasteiger partial charge in [0.15, 0.2) is 11.5 Å². The highest BCUT2D eigenvalue weighted by atomic mass is 32.2. The molecule has 0 saturated carbocycles. The normalized spacial score (nSPS) is 14.5. The standard InChI is InChI=1S/C30H31N5O3S/c1-17-10-11-18(2)22(14-17)16-39-30-33-29-31-20(4)26(28(37)32-23-9-7-6-8-19(23)3)27(35(29)34-30)21-12-13-24(36)25(15-21)38-5/h6-15,27,36H,16H2,1-5H3,(H,32,37)(H,31,33,34)/t27-/m0/s1. The van der Waals surface area contributed by atoms with E-state index in [0.717, 1.165) is 22.6 Å². The van der Waals surface area contributed by atoms with Gasteiger partial charge in [-0.05, 0) is 68.1 Å². The Kier molecular flexibility index (Phi) is 7.34. The van der Waals surface area contributed by atoms with E-state index in [1.54, 1.807) is 34.6 Å². The van der Waals surface area contributed by atoms with Crippen LogP contribution in [0.5, 0.6) is 11.5 Å². The second-order valence-electron chi connectivity index (χ2n) is 9.65. The number of carbonyl (C=O) groups is 1. The number of methoxy groups -OCH3 is 1. The van der Waals surface area contributed by atoms with Crippen molar-refractivity contribution in [3.63, 3.8) is 0 Å². The molecule has 1 atom stereocenters. The number of para-hydroxylation sites is 1. The molecule has 0 saturated heterocycles. The summed E-state index contributed by atoms with van der Waals surface area (Å²) < 4.78 is 7.11. The van der Waals surface area contributed by atoms with Gasteiger partial charge >= 0.3 is 0 Å². The largest absolute Gasteiger partial charge is 0.504 e. The zero-order valence-electron chi connectivity index (χ0n) is 22.6. The maximum atomic E-state index is 13.8. The molecule has 3 aromatic carbocycles. The molecular weight excluding hydrogens is 510 g/mol. The van der Waals surface area contributed by atoms with Crippen molar-refractivity contribution in [3.8, 4) is 11.5 Å². The lowest BCUT2D eigenvalue weighted by molar-refractivity contribution is -0.113. The summed E-state index contributed by atoms with van der Waals surface area (Å²) in [5.41, 5.74) is 7.25. The number of phenols is 1. The second kappa shape index (κ2) is 10.9. The van der Waals surface area contributed by atoms with Crippen LogP contribution in [-0.4, -0.2) is 32.9 Å². The van der Waals surface area contributed by atoms with Crippen molar-refractivity contribution in [1.82, 2.24) is 14.8 Å². The summed E-state index contributed by atoms with van der Waals surface area (Å²) in [6, 6.07) is 18.5. The molecule has 1 aliphatic heterocycles. The first-order valence-electron chi connectivity index (χ1n) is 12.6. The number of amides is 1. The number of aromatic hydroxyl groups is 1. The summed E-state index contributed by atoms with van der Waals surface area (Å²) in [7, 11) is 1.50. The number of rotatable bonds is 7. The molecule has 2 heterocycles. The van der Waals surface area contributed by atoms with Gasteiger partial charge in [-0.15, -0.1) is 5.10 Å². The number of phenolic OH excluding ortho intramolecular Hbond substituents is 1. The number of anilines is 2. The third kappa shape index (κ3) is 5.35. The predicted molar refractivity (Wildman–Crippen MR) is 154 cm³/mol. The van der Waals surface area contributed by atoms with Crippen molar-refractivity contribution in [1.29, 1.82) is 0 Å². The fraction of sp³-hybridized carbons (Fsp3) is 0.233. The molecule has 4 aromatic rings. The van der Waals surface area contributed by atoms with Crippen molar-refractivity contribution in [2.75, 3.05) is 17.7 Å². The summed E-state index contributed by atoms with van der Waals surface area (Å²) in [5, 5.41) is 22.0. The van der Waals surface area contributed by atoms with Gasteiger partial charge in [-0.3, -0.25) is 4.79 Å². The number of allylic oxidation sites excluding steroid dienone is 1. The number of benzene rings is 3. The maximum absolute atomic E-state index is 13.8. The van der Waals surface area contributed by atoms with Crippen LogP contribution in [0.1, 0.15) is 40.8 Å². The SMILES string of the molecule is COc1cc([C@H]2C(C(=O)Nc3ccccc3C)=C(C)Nc3nc(SCc4cc(C)ccc4C)nn32)ccc1O. The molecule has 1 amide bonds. The van der Waals surface area contributed by atoms with E-state index in [1.165, 1.54) is 23.8 Å². The molecule has 0 spiro atoms. The first-order valence-corrected chi connectivity index (χ1v) is 13.6. The molecule has 39 heavy (non-hydrogen) atoms. The molecule has 0 unspecified atom stereocenters. The van der Waals surface area contributed by atoms with Crippen LogP contribution < -0.4 is 15.4 Å². The number of hydrogen-bond donors (Lipinski definition) is 3. The Balaban J connectivity index is 1.53. The predicted octanol–water partition coefficient (Wildman–Crippen LogP) is 6.14. The lowest BCUT2D eigenvalue weighted by Gasteiger charge is -2.29. The van der Waals surface area contributed by atoms with Crippen LogP contribution in [0.3, 0.4) is 0 Å². The van der Waals surface area contributed by atoms with Crippen LogP contribution in [0.2, 0.25) is 0 Å². The average molecular weight is 542 g/mol. The van der Waals surface area contributed by atoms with E-state index in [4.69, 9.17) is 14.8 Å². The van der Waals surface area contributed by atoms with Gasteiger partial charge in [0.25, 0.3) is 5.91 Å². The van der Waals surface area contributed by atoms with Gasteiger partial charge in [0.1, 0.15) is 6.04 Å². The van der Waals surface area contributed by atoms with E-state index in [0.29, 0.717) is 28.1 Å². The lowest BCUT2D eigenvalue weighted by Crippen LogP contribution is -2.31. The summed E-state index contributed by atoms with van der Waals surface area (Å²) in [5.74, 6) is 1.35. The number of nitrogens with zero attached hydrogens (tertiary/aromatic N) is 3. The van der Waals surface area contributed by atoms with Crippen LogP contribution in [0.25, 0.3) is 0 Å². The minimum absolute atomic E-state index is 0.0189. The summed E-state index contributed by atoms with van der Waals surface area (Å²) in [6.45, 7) is 7.99. The van der Waals surface area contributed by atoms with Crippen molar-refractivity contribution < 1.29 is 14.6 Å². The number of hydrogen-bond acceptors (Lipinski definition) is 7. The van der Waals surface area contributed by atoms with E-state index in [1.807, 2.05) is 38.1 Å². The fourth-order valence-corrected chi connectivity index (χ4v) is 5.55. The van der Waals surface area contributed by atoms with E-state index in [9.17, 15) is 9.90 Å². The molecule has 200 valence electrons. The first-order chi connectivity index (χ1) is 18.7. The number of nitrogens with one attached hydrogen (secondary N) is 2. The van der Waals surface area contributed by atoms with E-state index < -0.39 is 6.04 Å². The maximum Gasteiger partial charge on any atom is 0.255 e. The fourth-order valence-electron chi connectivity index (χ4n) is 4.66. The third-order valence-electron chi connectivity index (χ3n) is 6.85. The Bertz CT molecular complexity index is 1590. The molecule has 9 heteroatoms. The van der Waals surface area contributed by atoms with Crippen LogP contribution in [-0.2, 0) is 10.5 Å². The zero-order chi connectivity index (χ0) is 27.7. The minimum Gasteiger partial charge on any atom is -0.504 e. The van der Waals surface area contributed by atoms with Gasteiger partial charge in [0.05, 0.1) is 12.7 Å². The van der Waals surface area contributed by atoms with Gasteiger partial charge in [-0.1, -0.05) is 59.8 Å². The van der Waals surface area contributed by atoms with Crippen molar-refractivity contribution in [2.24, 2.45) is 0 Å². The van der Waals surface area contributed by atoms with Crippen molar-refractivity contribution in [3.05, 3.63) is 99.8 Å². The van der Waals surface area contributed by atoms with Gasteiger partial charge < -0.3 is 20.5 Å².